The first kappa shape index (κ1) is 14.3. The lowest BCUT2D eigenvalue weighted by molar-refractivity contribution is 0.526. The maximum atomic E-state index is 5.76. The van der Waals surface area contributed by atoms with Crippen LogP contribution in [-0.4, -0.2) is 19.7 Å². The molecule has 0 fully saturated rings. The Kier molecular flexibility index (Phi) is 4.79. The van der Waals surface area contributed by atoms with Gasteiger partial charge in [0.1, 0.15) is 11.0 Å². The van der Waals surface area contributed by atoms with Gasteiger partial charge in [0.15, 0.2) is 5.16 Å². The second-order valence-electron chi connectivity index (χ2n) is 4.34. The van der Waals surface area contributed by atoms with Crippen LogP contribution in [0.15, 0.2) is 23.5 Å². The minimum atomic E-state index is 0.291. The third-order valence-electron chi connectivity index (χ3n) is 2.59. The Hall–Kier alpha value is -1.11. The van der Waals surface area contributed by atoms with E-state index in [0.29, 0.717) is 17.7 Å². The van der Waals surface area contributed by atoms with E-state index in [1.807, 2.05) is 6.07 Å². The number of thioether (sulfide) groups is 1. The van der Waals surface area contributed by atoms with Crippen LogP contribution in [0, 0.1) is 0 Å². The van der Waals surface area contributed by atoms with Crippen LogP contribution in [0.2, 0.25) is 5.15 Å². The van der Waals surface area contributed by atoms with E-state index in [1.54, 1.807) is 24.0 Å². The van der Waals surface area contributed by atoms with Crippen LogP contribution in [-0.2, 0) is 12.3 Å². The van der Waals surface area contributed by atoms with Crippen molar-refractivity contribution in [2.45, 2.75) is 37.3 Å². The first-order chi connectivity index (χ1) is 9.11. The summed E-state index contributed by atoms with van der Waals surface area (Å²) in [5.74, 6) is 1.59. The SMILES string of the molecule is CC(C)n1c(CN)nnc1SCc1ccc(Cl)nc1. The zero-order valence-electron chi connectivity index (χ0n) is 10.9. The van der Waals surface area contributed by atoms with Crippen molar-refractivity contribution in [1.29, 1.82) is 0 Å². The van der Waals surface area contributed by atoms with Crippen molar-refractivity contribution in [3.8, 4) is 0 Å². The molecule has 0 atom stereocenters. The van der Waals surface area contributed by atoms with Crippen molar-refractivity contribution in [2.24, 2.45) is 5.73 Å². The normalized spacial score (nSPS) is 11.2. The topological polar surface area (TPSA) is 69.6 Å². The van der Waals surface area contributed by atoms with Crippen LogP contribution in [0.25, 0.3) is 0 Å². The molecule has 0 radical (unpaired) electrons. The molecule has 2 rings (SSSR count). The molecule has 0 spiro atoms. The van der Waals surface area contributed by atoms with Gasteiger partial charge in [-0.1, -0.05) is 29.4 Å². The summed E-state index contributed by atoms with van der Waals surface area (Å²) in [4.78, 5) is 4.06. The minimum absolute atomic E-state index is 0.291. The van der Waals surface area contributed by atoms with Crippen molar-refractivity contribution in [3.05, 3.63) is 34.9 Å². The van der Waals surface area contributed by atoms with E-state index in [-0.39, 0.29) is 0 Å². The quantitative estimate of drug-likeness (QED) is 0.679. The Labute approximate surface area is 121 Å². The summed E-state index contributed by atoms with van der Waals surface area (Å²) < 4.78 is 2.06. The van der Waals surface area contributed by atoms with Crippen LogP contribution in [0.3, 0.4) is 0 Å². The molecule has 0 aromatic carbocycles. The third-order valence-corrected chi connectivity index (χ3v) is 3.83. The Morgan fingerprint density at radius 2 is 2.16 bits per heavy atom. The molecule has 0 aliphatic rings. The molecule has 0 saturated carbocycles. The molecule has 5 nitrogen and oxygen atoms in total. The van der Waals surface area contributed by atoms with Gasteiger partial charge < -0.3 is 10.3 Å². The average molecular weight is 298 g/mol. The predicted octanol–water partition coefficient (Wildman–Crippen LogP) is 2.66. The van der Waals surface area contributed by atoms with E-state index in [4.69, 9.17) is 17.3 Å². The van der Waals surface area contributed by atoms with Crippen LogP contribution < -0.4 is 5.73 Å². The van der Waals surface area contributed by atoms with Gasteiger partial charge >= 0.3 is 0 Å². The van der Waals surface area contributed by atoms with Crippen molar-refractivity contribution in [2.75, 3.05) is 0 Å². The van der Waals surface area contributed by atoms with Gasteiger partial charge in [0.2, 0.25) is 0 Å². The maximum absolute atomic E-state index is 5.76. The highest BCUT2D eigenvalue weighted by Crippen LogP contribution is 2.24. The highest BCUT2D eigenvalue weighted by atomic mass is 35.5. The lowest BCUT2D eigenvalue weighted by atomic mass is 10.3. The molecule has 2 N–H and O–H groups in total. The number of pyridine rings is 1. The standard InChI is InChI=1S/C12H16ClN5S/c1-8(2)18-11(5-14)16-17-12(18)19-7-9-3-4-10(13)15-6-9/h3-4,6,8H,5,7,14H2,1-2H3. The zero-order valence-corrected chi connectivity index (χ0v) is 12.4. The molecular weight excluding hydrogens is 282 g/mol. The summed E-state index contributed by atoms with van der Waals surface area (Å²) >= 11 is 7.38. The van der Waals surface area contributed by atoms with E-state index in [0.717, 1.165) is 22.3 Å². The number of hydrogen-bond acceptors (Lipinski definition) is 5. The van der Waals surface area contributed by atoms with Gasteiger partial charge in [-0.15, -0.1) is 10.2 Å². The van der Waals surface area contributed by atoms with Gasteiger partial charge in [0, 0.05) is 18.0 Å². The van der Waals surface area contributed by atoms with Crippen LogP contribution >= 0.6 is 23.4 Å². The smallest absolute Gasteiger partial charge is 0.191 e. The first-order valence-corrected chi connectivity index (χ1v) is 7.35. The molecule has 0 aliphatic carbocycles. The molecule has 2 aromatic heterocycles. The predicted molar refractivity (Wildman–Crippen MR) is 77.1 cm³/mol. The van der Waals surface area contributed by atoms with Gasteiger partial charge in [0.05, 0.1) is 6.54 Å². The van der Waals surface area contributed by atoms with E-state index in [2.05, 4.69) is 33.6 Å². The highest BCUT2D eigenvalue weighted by Gasteiger charge is 2.14. The Bertz CT molecular complexity index is 538. The Morgan fingerprint density at radius 3 is 2.74 bits per heavy atom. The maximum Gasteiger partial charge on any atom is 0.191 e. The van der Waals surface area contributed by atoms with Gasteiger partial charge in [-0.3, -0.25) is 0 Å². The number of nitrogens with two attached hydrogens (primary N) is 1. The lowest BCUT2D eigenvalue weighted by Crippen LogP contribution is -2.11. The Balaban J connectivity index is 2.11. The highest BCUT2D eigenvalue weighted by molar-refractivity contribution is 7.98. The second-order valence-corrected chi connectivity index (χ2v) is 5.67. The van der Waals surface area contributed by atoms with Crippen LogP contribution in [0.5, 0.6) is 0 Å². The summed E-state index contributed by atoms with van der Waals surface area (Å²) in [5, 5.41) is 9.69. The Morgan fingerprint density at radius 1 is 1.37 bits per heavy atom. The van der Waals surface area contributed by atoms with Crippen LogP contribution in [0.1, 0.15) is 31.3 Å². The summed E-state index contributed by atoms with van der Waals surface area (Å²) in [6, 6.07) is 4.04. The van der Waals surface area contributed by atoms with Crippen molar-refractivity contribution < 1.29 is 0 Å². The molecule has 102 valence electrons. The summed E-state index contributed by atoms with van der Waals surface area (Å²) in [6.07, 6.45) is 1.77. The fraction of sp³-hybridized carbons (Fsp3) is 0.417. The zero-order chi connectivity index (χ0) is 13.8. The van der Waals surface area contributed by atoms with Gasteiger partial charge in [-0.2, -0.15) is 0 Å². The van der Waals surface area contributed by atoms with E-state index in [1.165, 1.54) is 0 Å². The van der Waals surface area contributed by atoms with E-state index in [9.17, 15) is 0 Å². The molecular formula is C12H16ClN5S. The first-order valence-electron chi connectivity index (χ1n) is 5.99. The summed E-state index contributed by atoms with van der Waals surface area (Å²) in [5.41, 5.74) is 6.77. The third kappa shape index (κ3) is 3.46. The summed E-state index contributed by atoms with van der Waals surface area (Å²) in [7, 11) is 0. The van der Waals surface area contributed by atoms with Gasteiger partial charge in [-0.25, -0.2) is 4.98 Å². The number of rotatable bonds is 5. The number of hydrogen-bond donors (Lipinski definition) is 1. The second kappa shape index (κ2) is 6.36. The number of halogens is 1. The van der Waals surface area contributed by atoms with Crippen molar-refractivity contribution in [3.63, 3.8) is 0 Å². The molecule has 0 unspecified atom stereocenters. The molecule has 7 heteroatoms. The number of nitrogens with zero attached hydrogens (tertiary/aromatic N) is 4. The largest absolute Gasteiger partial charge is 0.324 e. The molecule has 0 amide bonds. The van der Waals surface area contributed by atoms with Gasteiger partial charge in [0.25, 0.3) is 0 Å². The van der Waals surface area contributed by atoms with Crippen molar-refractivity contribution >= 4 is 23.4 Å². The van der Waals surface area contributed by atoms with E-state index >= 15 is 0 Å². The molecule has 0 saturated heterocycles. The van der Waals surface area contributed by atoms with Crippen molar-refractivity contribution in [1.82, 2.24) is 19.7 Å². The lowest BCUT2D eigenvalue weighted by Gasteiger charge is -2.12. The average Bonchev–Trinajstić information content (AvgIpc) is 2.81. The molecule has 19 heavy (non-hydrogen) atoms. The van der Waals surface area contributed by atoms with Gasteiger partial charge in [-0.05, 0) is 25.5 Å². The molecule has 2 heterocycles. The van der Waals surface area contributed by atoms with Crippen LogP contribution in [0.4, 0.5) is 0 Å². The molecule has 0 aliphatic heterocycles. The fourth-order valence-corrected chi connectivity index (χ4v) is 2.84. The monoisotopic (exact) mass is 297 g/mol. The minimum Gasteiger partial charge on any atom is -0.324 e. The fourth-order valence-electron chi connectivity index (χ4n) is 1.70. The summed E-state index contributed by atoms with van der Waals surface area (Å²) in [6.45, 7) is 4.58. The number of aromatic nitrogens is 4. The molecule has 2 aromatic rings. The molecule has 0 bridgehead atoms. The van der Waals surface area contributed by atoms with E-state index < -0.39 is 0 Å².